The molecule has 0 aliphatic carbocycles. The molecule has 2 N–H and O–H groups in total. The molecule has 21 heavy (non-hydrogen) atoms. The number of ether oxygens (including phenoxy) is 3. The summed E-state index contributed by atoms with van der Waals surface area (Å²) in [6, 6.07) is 5.02. The van der Waals surface area contributed by atoms with Crippen LogP contribution in [-0.4, -0.2) is 26.1 Å². The van der Waals surface area contributed by atoms with E-state index in [2.05, 4.69) is 0 Å². The molecule has 118 valence electrons. The summed E-state index contributed by atoms with van der Waals surface area (Å²) in [6.07, 6.45) is -2.08. The highest BCUT2D eigenvalue weighted by molar-refractivity contribution is 6.35. The summed E-state index contributed by atoms with van der Waals surface area (Å²) in [4.78, 5) is 11.1. The fourth-order valence-corrected chi connectivity index (χ4v) is 2.43. The van der Waals surface area contributed by atoms with Gasteiger partial charge in [0.25, 0.3) is 0 Å². The molecule has 0 aliphatic heterocycles. The summed E-state index contributed by atoms with van der Waals surface area (Å²) >= 11 is 12.1. The Morgan fingerprint density at radius 1 is 1.33 bits per heavy atom. The van der Waals surface area contributed by atoms with Gasteiger partial charge in [-0.1, -0.05) is 43.1 Å². The summed E-state index contributed by atoms with van der Waals surface area (Å²) in [7, 11) is 1.50. The van der Waals surface area contributed by atoms with Crippen molar-refractivity contribution in [1.82, 2.24) is 0 Å². The molecule has 0 aliphatic rings. The van der Waals surface area contributed by atoms with Gasteiger partial charge in [0.1, 0.15) is 19.0 Å². The largest absolute Gasteiger partial charge is 0.443 e. The van der Waals surface area contributed by atoms with Gasteiger partial charge in [-0.3, -0.25) is 0 Å². The zero-order valence-electron chi connectivity index (χ0n) is 12.1. The minimum Gasteiger partial charge on any atom is -0.443 e. The van der Waals surface area contributed by atoms with Crippen LogP contribution in [0.4, 0.5) is 4.79 Å². The Morgan fingerprint density at radius 3 is 2.48 bits per heavy atom. The lowest BCUT2D eigenvalue weighted by Crippen LogP contribution is -2.34. The molecule has 0 spiro atoms. The summed E-state index contributed by atoms with van der Waals surface area (Å²) in [5, 5.41) is 0.925. The van der Waals surface area contributed by atoms with Crippen molar-refractivity contribution in [3.8, 4) is 0 Å². The van der Waals surface area contributed by atoms with Gasteiger partial charge < -0.3 is 19.9 Å². The molecular formula is C14H19Cl2NO4. The first kappa shape index (κ1) is 18.0. The third-order valence-electron chi connectivity index (χ3n) is 2.84. The second-order valence-corrected chi connectivity index (χ2v) is 5.65. The summed E-state index contributed by atoms with van der Waals surface area (Å²) in [6.45, 7) is 3.80. The van der Waals surface area contributed by atoms with E-state index in [1.165, 1.54) is 7.11 Å². The van der Waals surface area contributed by atoms with Crippen molar-refractivity contribution in [3.05, 3.63) is 33.8 Å². The number of methoxy groups -OCH3 is 1. The summed E-state index contributed by atoms with van der Waals surface area (Å²) in [5.41, 5.74) is 5.79. The molecule has 1 amide bonds. The van der Waals surface area contributed by atoms with E-state index in [1.54, 1.807) is 18.2 Å². The predicted octanol–water partition coefficient (Wildman–Crippen LogP) is 3.77. The normalized spacial score (nSPS) is 14.0. The molecule has 0 bridgehead atoms. The minimum atomic E-state index is -0.871. The third-order valence-corrected chi connectivity index (χ3v) is 3.40. The minimum absolute atomic E-state index is 0.0228. The highest BCUT2D eigenvalue weighted by atomic mass is 35.5. The molecule has 2 atom stereocenters. The van der Waals surface area contributed by atoms with Gasteiger partial charge in [0.2, 0.25) is 0 Å². The molecule has 1 aromatic carbocycles. The Balaban J connectivity index is 3.15. The van der Waals surface area contributed by atoms with E-state index < -0.39 is 18.3 Å². The number of rotatable bonds is 7. The third kappa shape index (κ3) is 5.36. The zero-order chi connectivity index (χ0) is 16.0. The van der Waals surface area contributed by atoms with E-state index in [9.17, 15) is 4.79 Å². The maximum absolute atomic E-state index is 11.1. The highest BCUT2D eigenvalue weighted by Crippen LogP contribution is 2.34. The molecule has 5 nitrogen and oxygen atoms in total. The van der Waals surface area contributed by atoms with Crippen LogP contribution >= 0.6 is 23.2 Å². The second-order valence-electron chi connectivity index (χ2n) is 4.81. The first-order valence-electron chi connectivity index (χ1n) is 6.38. The van der Waals surface area contributed by atoms with E-state index >= 15 is 0 Å². The van der Waals surface area contributed by atoms with Crippen LogP contribution in [0.2, 0.25) is 10.0 Å². The average molecular weight is 336 g/mol. The van der Waals surface area contributed by atoms with Gasteiger partial charge in [-0.25, -0.2) is 4.79 Å². The van der Waals surface area contributed by atoms with Gasteiger partial charge in [-0.05, 0) is 18.1 Å². The van der Waals surface area contributed by atoms with Crippen molar-refractivity contribution < 1.29 is 19.0 Å². The van der Waals surface area contributed by atoms with Gasteiger partial charge in [0.15, 0.2) is 0 Å². The molecule has 0 aromatic heterocycles. The monoisotopic (exact) mass is 335 g/mol. The van der Waals surface area contributed by atoms with E-state index in [4.69, 9.17) is 43.1 Å². The van der Waals surface area contributed by atoms with Crippen molar-refractivity contribution in [1.29, 1.82) is 0 Å². The predicted molar refractivity (Wildman–Crippen MR) is 81.5 cm³/mol. The van der Waals surface area contributed by atoms with Crippen molar-refractivity contribution in [2.75, 3.05) is 13.9 Å². The van der Waals surface area contributed by atoms with Gasteiger partial charge in [-0.2, -0.15) is 0 Å². The Hall–Kier alpha value is -1.01. The standard InChI is InChI=1S/C14H19Cl2NO4/c1-8(2)12(21-14(17)18)13(20-7-19-3)10-5-4-9(15)6-11(10)16/h4-6,8,12-13H,7H2,1-3H3,(H2,17,18)/t12-,13-/m0/s1. The van der Waals surface area contributed by atoms with Crippen LogP contribution in [0.25, 0.3) is 0 Å². The highest BCUT2D eigenvalue weighted by Gasteiger charge is 2.31. The molecule has 0 fully saturated rings. The van der Waals surface area contributed by atoms with Crippen LogP contribution < -0.4 is 5.73 Å². The van der Waals surface area contributed by atoms with Gasteiger partial charge in [0, 0.05) is 22.7 Å². The molecule has 1 aromatic rings. The number of carbonyl (C=O) groups excluding carboxylic acids is 1. The van der Waals surface area contributed by atoms with E-state index in [-0.39, 0.29) is 12.7 Å². The lowest BCUT2D eigenvalue weighted by molar-refractivity contribution is -0.124. The zero-order valence-corrected chi connectivity index (χ0v) is 13.6. The molecule has 0 unspecified atom stereocenters. The SMILES string of the molecule is COCO[C@@H](c1ccc(Cl)cc1Cl)[C@@H](OC(N)=O)C(C)C. The molecule has 1 rings (SSSR count). The van der Waals surface area contributed by atoms with E-state index in [1.807, 2.05) is 13.8 Å². The maximum Gasteiger partial charge on any atom is 0.404 e. The number of amides is 1. The Kier molecular flexibility index (Phi) is 7.25. The first-order chi connectivity index (χ1) is 9.86. The number of hydrogen-bond donors (Lipinski definition) is 1. The average Bonchev–Trinajstić information content (AvgIpc) is 2.38. The number of benzene rings is 1. The topological polar surface area (TPSA) is 70.8 Å². The number of halogens is 2. The molecule has 0 heterocycles. The van der Waals surface area contributed by atoms with Gasteiger partial charge in [0.05, 0.1) is 0 Å². The molecule has 0 radical (unpaired) electrons. The van der Waals surface area contributed by atoms with E-state index in [0.717, 1.165) is 0 Å². The van der Waals surface area contributed by atoms with Gasteiger partial charge in [-0.15, -0.1) is 0 Å². The molecule has 7 heteroatoms. The quantitative estimate of drug-likeness (QED) is 0.770. The smallest absolute Gasteiger partial charge is 0.404 e. The van der Waals surface area contributed by atoms with Crippen molar-refractivity contribution in [2.45, 2.75) is 26.1 Å². The van der Waals surface area contributed by atoms with Crippen molar-refractivity contribution in [3.63, 3.8) is 0 Å². The second kappa shape index (κ2) is 8.44. The van der Waals surface area contributed by atoms with Crippen molar-refractivity contribution >= 4 is 29.3 Å². The van der Waals surface area contributed by atoms with Crippen molar-refractivity contribution in [2.24, 2.45) is 11.7 Å². The van der Waals surface area contributed by atoms with Crippen LogP contribution in [0.1, 0.15) is 25.5 Å². The van der Waals surface area contributed by atoms with Crippen LogP contribution in [0.5, 0.6) is 0 Å². The van der Waals surface area contributed by atoms with Crippen LogP contribution in [0.3, 0.4) is 0 Å². The van der Waals surface area contributed by atoms with Gasteiger partial charge >= 0.3 is 6.09 Å². The lowest BCUT2D eigenvalue weighted by atomic mass is 9.95. The maximum atomic E-state index is 11.1. The van der Waals surface area contributed by atoms with Crippen LogP contribution in [-0.2, 0) is 14.2 Å². The van der Waals surface area contributed by atoms with E-state index in [0.29, 0.717) is 15.6 Å². The number of nitrogens with two attached hydrogens (primary N) is 1. The summed E-state index contributed by atoms with van der Waals surface area (Å²) < 4.78 is 15.7. The first-order valence-corrected chi connectivity index (χ1v) is 7.14. The van der Waals surface area contributed by atoms with Crippen LogP contribution in [0.15, 0.2) is 18.2 Å². The number of hydrogen-bond acceptors (Lipinski definition) is 4. The fraction of sp³-hybridized carbons (Fsp3) is 0.500. The molecule has 0 saturated carbocycles. The Labute approximate surface area is 134 Å². The number of primary amides is 1. The fourth-order valence-electron chi connectivity index (χ4n) is 1.92. The number of carbonyl (C=O) groups is 1. The summed E-state index contributed by atoms with van der Waals surface area (Å²) in [5.74, 6) is -0.0360. The van der Waals surface area contributed by atoms with Crippen LogP contribution in [0, 0.1) is 5.92 Å². The molecule has 0 saturated heterocycles. The Morgan fingerprint density at radius 2 is 2.00 bits per heavy atom. The Bertz CT molecular complexity index is 482. The lowest BCUT2D eigenvalue weighted by Gasteiger charge is -2.30. The molecular weight excluding hydrogens is 317 g/mol.